The second kappa shape index (κ2) is 6.68. The Morgan fingerprint density at radius 1 is 1.39 bits per heavy atom. The lowest BCUT2D eigenvalue weighted by Gasteiger charge is -2.32. The lowest BCUT2D eigenvalue weighted by Crippen LogP contribution is -2.35. The van der Waals surface area contributed by atoms with Gasteiger partial charge in [0.15, 0.2) is 0 Å². The van der Waals surface area contributed by atoms with Gasteiger partial charge in [-0.2, -0.15) is 5.26 Å². The van der Waals surface area contributed by atoms with E-state index in [4.69, 9.17) is 4.74 Å². The van der Waals surface area contributed by atoms with Crippen LogP contribution in [-0.4, -0.2) is 27.9 Å². The first-order valence-electron chi connectivity index (χ1n) is 7.13. The Morgan fingerprint density at radius 2 is 2.22 bits per heavy atom. The fourth-order valence-electron chi connectivity index (χ4n) is 3.10. The Morgan fingerprint density at radius 3 is 2.83 bits per heavy atom. The van der Waals surface area contributed by atoms with Crippen molar-refractivity contribution in [3.05, 3.63) is 0 Å². The normalized spacial score (nSPS) is 38.2. The van der Waals surface area contributed by atoms with Crippen molar-refractivity contribution in [2.45, 2.75) is 56.8 Å². The van der Waals surface area contributed by atoms with Crippen LogP contribution in [0.2, 0.25) is 0 Å². The summed E-state index contributed by atoms with van der Waals surface area (Å²) in [6, 6.07) is 2.37. The molecule has 2 rings (SSSR count). The number of ether oxygens (including phenoxy) is 1. The van der Waals surface area contributed by atoms with E-state index in [2.05, 4.69) is 13.0 Å². The molecule has 1 heterocycles. The molecule has 5 atom stereocenters. The maximum atomic E-state index is 12.5. The van der Waals surface area contributed by atoms with Crippen molar-refractivity contribution in [2.75, 3.05) is 12.4 Å². The molecule has 0 bridgehead atoms. The molecule has 0 aromatic heterocycles. The van der Waals surface area contributed by atoms with Crippen LogP contribution in [-0.2, 0) is 15.5 Å². The van der Waals surface area contributed by atoms with Crippen LogP contribution in [0.25, 0.3) is 0 Å². The van der Waals surface area contributed by atoms with E-state index in [0.29, 0.717) is 11.7 Å². The zero-order chi connectivity index (χ0) is 13.0. The van der Waals surface area contributed by atoms with E-state index in [-0.39, 0.29) is 17.3 Å². The first kappa shape index (κ1) is 14.0. The first-order valence-corrected chi connectivity index (χ1v) is 8.51. The summed E-state index contributed by atoms with van der Waals surface area (Å²) >= 11 is 0. The van der Waals surface area contributed by atoms with Crippen LogP contribution >= 0.6 is 0 Å². The van der Waals surface area contributed by atoms with Gasteiger partial charge in [-0.1, -0.05) is 13.3 Å². The maximum Gasteiger partial charge on any atom is 0.0691 e. The lowest BCUT2D eigenvalue weighted by atomic mass is 9.81. The predicted octanol–water partition coefficient (Wildman–Crippen LogP) is 2.63. The topological polar surface area (TPSA) is 50.1 Å². The van der Waals surface area contributed by atoms with Crippen molar-refractivity contribution in [1.29, 1.82) is 5.26 Å². The van der Waals surface area contributed by atoms with Gasteiger partial charge in [-0.3, -0.25) is 4.21 Å². The minimum atomic E-state index is -0.896. The zero-order valence-corrected chi connectivity index (χ0v) is 12.0. The Hall–Kier alpha value is -0.400. The van der Waals surface area contributed by atoms with Gasteiger partial charge in [0.2, 0.25) is 0 Å². The SMILES string of the molecule is CCC1CCC(C#N)C(S(=O)CC2CCCO2)C1. The van der Waals surface area contributed by atoms with Crippen LogP contribution < -0.4 is 0 Å². The highest BCUT2D eigenvalue weighted by Crippen LogP contribution is 2.34. The zero-order valence-electron chi connectivity index (χ0n) is 11.1. The lowest BCUT2D eigenvalue weighted by molar-refractivity contribution is 0.128. The van der Waals surface area contributed by atoms with Crippen LogP contribution in [0.15, 0.2) is 0 Å². The molecule has 18 heavy (non-hydrogen) atoms. The summed E-state index contributed by atoms with van der Waals surface area (Å²) in [5.74, 6) is 1.29. The van der Waals surface area contributed by atoms with Gasteiger partial charge in [-0.25, -0.2) is 0 Å². The van der Waals surface area contributed by atoms with Crippen molar-refractivity contribution < 1.29 is 8.95 Å². The summed E-state index contributed by atoms with van der Waals surface area (Å²) in [6.07, 6.45) is 6.46. The molecule has 102 valence electrons. The number of nitriles is 1. The van der Waals surface area contributed by atoms with E-state index in [1.54, 1.807) is 0 Å². The van der Waals surface area contributed by atoms with Gasteiger partial charge in [0.1, 0.15) is 0 Å². The van der Waals surface area contributed by atoms with Crippen LogP contribution in [0, 0.1) is 23.2 Å². The Labute approximate surface area is 112 Å². The predicted molar refractivity (Wildman–Crippen MR) is 72.5 cm³/mol. The van der Waals surface area contributed by atoms with Gasteiger partial charge in [0.05, 0.1) is 29.1 Å². The Bertz CT molecular complexity index is 333. The molecular weight excluding hydrogens is 246 g/mol. The van der Waals surface area contributed by atoms with E-state index >= 15 is 0 Å². The smallest absolute Gasteiger partial charge is 0.0691 e. The molecule has 2 fully saturated rings. The molecule has 0 spiro atoms. The minimum Gasteiger partial charge on any atom is -0.377 e. The van der Waals surface area contributed by atoms with Crippen LogP contribution in [0.3, 0.4) is 0 Å². The molecule has 0 aromatic carbocycles. The van der Waals surface area contributed by atoms with E-state index in [0.717, 1.165) is 45.1 Å². The van der Waals surface area contributed by atoms with Crippen LogP contribution in [0.5, 0.6) is 0 Å². The van der Waals surface area contributed by atoms with Gasteiger partial charge in [0.25, 0.3) is 0 Å². The van der Waals surface area contributed by atoms with Crippen molar-refractivity contribution in [1.82, 2.24) is 0 Å². The van der Waals surface area contributed by atoms with Crippen molar-refractivity contribution >= 4 is 10.8 Å². The van der Waals surface area contributed by atoms with Gasteiger partial charge in [-0.15, -0.1) is 0 Å². The average molecular weight is 269 g/mol. The third kappa shape index (κ3) is 3.33. The standard InChI is InChI=1S/C14H23NO2S/c1-2-11-5-6-12(9-15)14(8-11)18(16)10-13-4-3-7-17-13/h11-14H,2-8,10H2,1H3. The summed E-state index contributed by atoms with van der Waals surface area (Å²) in [5, 5.41) is 9.30. The molecular formula is C14H23NO2S. The number of hydrogen-bond donors (Lipinski definition) is 0. The number of hydrogen-bond acceptors (Lipinski definition) is 3. The molecule has 4 heteroatoms. The number of nitrogens with zero attached hydrogens (tertiary/aromatic N) is 1. The fraction of sp³-hybridized carbons (Fsp3) is 0.929. The van der Waals surface area contributed by atoms with E-state index in [1.165, 1.54) is 0 Å². The molecule has 0 radical (unpaired) electrons. The Balaban J connectivity index is 1.94. The fourth-order valence-corrected chi connectivity index (χ4v) is 5.03. The molecule has 1 saturated carbocycles. The monoisotopic (exact) mass is 269 g/mol. The van der Waals surface area contributed by atoms with Crippen LogP contribution in [0.1, 0.15) is 45.4 Å². The molecule has 1 aliphatic heterocycles. The molecule has 0 amide bonds. The third-order valence-electron chi connectivity index (χ3n) is 4.36. The molecule has 1 saturated heterocycles. The highest BCUT2D eigenvalue weighted by atomic mass is 32.2. The van der Waals surface area contributed by atoms with E-state index in [9.17, 15) is 9.47 Å². The summed E-state index contributed by atoms with van der Waals surface area (Å²) in [4.78, 5) is 0. The highest BCUT2D eigenvalue weighted by molar-refractivity contribution is 7.85. The minimum absolute atomic E-state index is 0.00460. The number of rotatable bonds is 4. The second-order valence-electron chi connectivity index (χ2n) is 5.54. The average Bonchev–Trinajstić information content (AvgIpc) is 2.90. The summed E-state index contributed by atoms with van der Waals surface area (Å²) in [5.41, 5.74) is 0. The van der Waals surface area contributed by atoms with E-state index in [1.807, 2.05) is 0 Å². The molecule has 5 unspecified atom stereocenters. The molecule has 0 N–H and O–H groups in total. The van der Waals surface area contributed by atoms with Crippen molar-refractivity contribution in [2.24, 2.45) is 11.8 Å². The molecule has 2 aliphatic rings. The summed E-state index contributed by atoms with van der Waals surface area (Å²) < 4.78 is 18.0. The molecule has 1 aliphatic carbocycles. The van der Waals surface area contributed by atoms with Gasteiger partial charge in [0, 0.05) is 17.4 Å². The van der Waals surface area contributed by atoms with Crippen molar-refractivity contribution in [3.8, 4) is 6.07 Å². The third-order valence-corrected chi connectivity index (χ3v) is 6.25. The van der Waals surface area contributed by atoms with Crippen molar-refractivity contribution in [3.63, 3.8) is 0 Å². The van der Waals surface area contributed by atoms with Gasteiger partial charge < -0.3 is 4.74 Å². The first-order chi connectivity index (χ1) is 8.74. The van der Waals surface area contributed by atoms with E-state index < -0.39 is 10.8 Å². The molecule has 3 nitrogen and oxygen atoms in total. The maximum absolute atomic E-state index is 12.5. The highest BCUT2D eigenvalue weighted by Gasteiger charge is 2.35. The van der Waals surface area contributed by atoms with Gasteiger partial charge in [-0.05, 0) is 38.0 Å². The largest absolute Gasteiger partial charge is 0.377 e. The summed E-state index contributed by atoms with van der Waals surface area (Å²) in [6.45, 7) is 3.00. The quantitative estimate of drug-likeness (QED) is 0.788. The molecule has 0 aromatic rings. The van der Waals surface area contributed by atoms with Gasteiger partial charge >= 0.3 is 0 Å². The second-order valence-corrected chi connectivity index (χ2v) is 7.24. The Kier molecular flexibility index (Phi) is 5.20. The summed E-state index contributed by atoms with van der Waals surface area (Å²) in [7, 11) is -0.896. The van der Waals surface area contributed by atoms with Crippen LogP contribution in [0.4, 0.5) is 0 Å².